The third kappa shape index (κ3) is 10.4. The topological polar surface area (TPSA) is 12.0 Å². The van der Waals surface area contributed by atoms with Gasteiger partial charge in [-0.25, -0.2) is 0 Å². The van der Waals surface area contributed by atoms with Crippen LogP contribution in [0.3, 0.4) is 0 Å². The highest BCUT2D eigenvalue weighted by atomic mass is 127. The molecule has 0 aliphatic rings. The minimum absolute atomic E-state index is 1.03. The second-order valence-corrected chi connectivity index (χ2v) is 36.3. The number of hydrogen-bond donors (Lipinski definition) is 1. The molecule has 9 heavy (non-hydrogen) atoms. The van der Waals surface area contributed by atoms with Crippen LogP contribution in [-0.2, 0) is 0 Å². The summed E-state index contributed by atoms with van der Waals surface area (Å²) in [7, 11) is 0. The van der Waals surface area contributed by atoms with Crippen molar-refractivity contribution >= 4 is 66.1 Å². The molecular formula is C4H10I3NSi. The molecule has 0 heterocycles. The lowest BCUT2D eigenvalue weighted by molar-refractivity contribution is 0.769. The Morgan fingerprint density at radius 2 is 1.89 bits per heavy atom. The molecule has 0 aliphatic heterocycles. The van der Waals surface area contributed by atoms with Crippen LogP contribution in [0.5, 0.6) is 0 Å². The molecule has 0 amide bonds. The highest BCUT2D eigenvalue weighted by Crippen LogP contribution is 2.25. The summed E-state index contributed by atoms with van der Waals surface area (Å²) < 4.78 is -1.03. The van der Waals surface area contributed by atoms with Crippen LogP contribution in [-0.4, -0.2) is 7.27 Å². The van der Waals surface area contributed by atoms with Crippen molar-refractivity contribution in [3.8, 4) is 0 Å². The molecule has 1 nitrogen and oxygen atoms in total. The second-order valence-electron chi connectivity index (χ2n) is 1.78. The van der Waals surface area contributed by atoms with E-state index in [4.69, 9.17) is 0 Å². The summed E-state index contributed by atoms with van der Waals surface area (Å²) >= 11 is 7.55. The van der Waals surface area contributed by atoms with Crippen LogP contribution in [0, 0.1) is 0 Å². The molecule has 0 unspecified atom stereocenters. The zero-order valence-corrected chi connectivity index (χ0v) is 12.7. The summed E-state index contributed by atoms with van der Waals surface area (Å²) in [5, 5.41) is 0. The van der Waals surface area contributed by atoms with E-state index < -0.39 is 0.725 Å². The van der Waals surface area contributed by atoms with Gasteiger partial charge in [0.1, 0.15) is 0 Å². The molecule has 56 valence electrons. The highest BCUT2D eigenvalue weighted by molar-refractivity contribution is 14.4. The van der Waals surface area contributed by atoms with E-state index in [1.807, 2.05) is 0 Å². The van der Waals surface area contributed by atoms with Crippen molar-refractivity contribution in [2.24, 2.45) is 0 Å². The maximum absolute atomic E-state index is 3.52. The SMILES string of the molecule is CCCCN[Si](I)(I)I. The molecule has 0 rings (SSSR count). The maximum Gasteiger partial charge on any atom is 0.326 e. The molecule has 0 fully saturated rings. The van der Waals surface area contributed by atoms with Crippen molar-refractivity contribution in [1.29, 1.82) is 0 Å². The van der Waals surface area contributed by atoms with E-state index in [9.17, 15) is 0 Å². The van der Waals surface area contributed by atoms with Gasteiger partial charge in [0.15, 0.2) is 0 Å². The Bertz CT molecular complexity index is 72.7. The number of unbranched alkanes of at least 4 members (excludes halogenated alkanes) is 1. The van der Waals surface area contributed by atoms with E-state index in [2.05, 4.69) is 77.3 Å². The lowest BCUT2D eigenvalue weighted by Gasteiger charge is -2.10. The molecule has 0 aromatic rings. The number of nitrogens with one attached hydrogen (secondary N) is 1. The zero-order valence-electron chi connectivity index (χ0n) is 5.26. The van der Waals surface area contributed by atoms with E-state index in [0.717, 1.165) is 0 Å². The molecule has 0 saturated heterocycles. The first kappa shape index (κ1) is 11.4. The van der Waals surface area contributed by atoms with Crippen molar-refractivity contribution in [3.63, 3.8) is 0 Å². The fourth-order valence-corrected chi connectivity index (χ4v) is 3.29. The minimum atomic E-state index is -1.03. The van der Waals surface area contributed by atoms with Gasteiger partial charge in [0.2, 0.25) is 0 Å². The van der Waals surface area contributed by atoms with E-state index in [0.29, 0.717) is 0 Å². The summed E-state index contributed by atoms with van der Waals surface area (Å²) in [5.74, 6) is 0. The van der Waals surface area contributed by atoms with Crippen molar-refractivity contribution < 1.29 is 0 Å². The van der Waals surface area contributed by atoms with Gasteiger partial charge in [-0.3, -0.25) is 0 Å². The van der Waals surface area contributed by atoms with Crippen LogP contribution < -0.4 is 4.98 Å². The zero-order chi connectivity index (χ0) is 7.33. The van der Waals surface area contributed by atoms with Gasteiger partial charge in [0, 0.05) is 0 Å². The van der Waals surface area contributed by atoms with Crippen molar-refractivity contribution in [1.82, 2.24) is 4.98 Å². The highest BCUT2D eigenvalue weighted by Gasteiger charge is 2.19. The van der Waals surface area contributed by atoms with Crippen LogP contribution in [0.1, 0.15) is 19.8 Å². The Kier molecular flexibility index (Phi) is 7.51. The summed E-state index contributed by atoms with van der Waals surface area (Å²) in [4.78, 5) is 3.52. The summed E-state index contributed by atoms with van der Waals surface area (Å²) in [6.45, 7) is 3.41. The largest absolute Gasteiger partial charge is 0.326 e. The lowest BCUT2D eigenvalue weighted by atomic mass is 10.3. The predicted molar refractivity (Wildman–Crippen MR) is 70.7 cm³/mol. The van der Waals surface area contributed by atoms with E-state index >= 15 is 0 Å². The van der Waals surface area contributed by atoms with Gasteiger partial charge in [-0.2, -0.15) is 0 Å². The molecule has 0 atom stereocenters. The van der Waals surface area contributed by atoms with E-state index in [-0.39, 0.29) is 0 Å². The van der Waals surface area contributed by atoms with Crippen LogP contribution in [0.25, 0.3) is 0 Å². The predicted octanol–water partition coefficient (Wildman–Crippen LogP) is 3.12. The van der Waals surface area contributed by atoms with Gasteiger partial charge >= 0.3 is 0.725 Å². The quantitative estimate of drug-likeness (QED) is 0.282. The Balaban J connectivity index is 3.07. The molecule has 0 radical (unpaired) electrons. The molecule has 0 saturated carbocycles. The van der Waals surface area contributed by atoms with Crippen molar-refractivity contribution in [3.05, 3.63) is 0 Å². The summed E-state index contributed by atoms with van der Waals surface area (Å²) in [5.41, 5.74) is 0. The number of hydrogen-bond acceptors (Lipinski definition) is 1. The Hall–Kier alpha value is 2.37. The minimum Gasteiger partial charge on any atom is -0.314 e. The van der Waals surface area contributed by atoms with Crippen molar-refractivity contribution in [2.75, 3.05) is 6.54 Å². The smallest absolute Gasteiger partial charge is 0.314 e. The van der Waals surface area contributed by atoms with Gasteiger partial charge in [-0.15, -0.1) is 0 Å². The standard InChI is InChI=1S/C4H10I3NSi/c1-2-3-4-8-9(5,6)7/h8H,2-4H2,1H3. The summed E-state index contributed by atoms with van der Waals surface area (Å²) in [6.07, 6.45) is 2.60. The van der Waals surface area contributed by atoms with E-state index in [1.54, 1.807) is 0 Å². The molecule has 0 bridgehead atoms. The van der Waals surface area contributed by atoms with Gasteiger partial charge < -0.3 is 4.98 Å². The Morgan fingerprint density at radius 1 is 1.33 bits per heavy atom. The summed E-state index contributed by atoms with van der Waals surface area (Å²) in [6, 6.07) is 0. The van der Waals surface area contributed by atoms with Crippen LogP contribution in [0.15, 0.2) is 0 Å². The molecule has 0 aromatic heterocycles. The van der Waals surface area contributed by atoms with Gasteiger partial charge in [-0.1, -0.05) is 78.7 Å². The molecule has 0 spiro atoms. The fourth-order valence-electron chi connectivity index (χ4n) is 0.407. The molecule has 1 N–H and O–H groups in total. The van der Waals surface area contributed by atoms with Crippen LogP contribution >= 0.6 is 65.4 Å². The van der Waals surface area contributed by atoms with Gasteiger partial charge in [0.25, 0.3) is 0 Å². The molecular weight excluding hydrogens is 471 g/mol. The van der Waals surface area contributed by atoms with Gasteiger partial charge in [-0.05, 0) is 13.0 Å². The number of halogens is 3. The first-order valence-electron chi connectivity index (χ1n) is 2.88. The normalized spacial score (nSPS) is 12.0. The first-order valence-corrected chi connectivity index (χ1v) is 14.2. The monoisotopic (exact) mass is 481 g/mol. The Labute approximate surface area is 95.8 Å². The molecule has 0 aromatic carbocycles. The van der Waals surface area contributed by atoms with Crippen LogP contribution in [0.4, 0.5) is 0 Å². The lowest BCUT2D eigenvalue weighted by Crippen LogP contribution is -2.32. The average molecular weight is 481 g/mol. The number of rotatable bonds is 4. The Morgan fingerprint density at radius 3 is 2.22 bits per heavy atom. The average Bonchev–Trinajstić information content (AvgIpc) is 1.63. The van der Waals surface area contributed by atoms with Crippen molar-refractivity contribution in [2.45, 2.75) is 19.8 Å². The second kappa shape index (κ2) is 5.95. The maximum atomic E-state index is 3.52. The van der Waals surface area contributed by atoms with Crippen LogP contribution in [0.2, 0.25) is 0 Å². The third-order valence-corrected chi connectivity index (χ3v) is 4.94. The van der Waals surface area contributed by atoms with Gasteiger partial charge in [0.05, 0.1) is 0 Å². The molecule has 0 aliphatic carbocycles. The molecule has 5 heteroatoms. The third-order valence-electron chi connectivity index (χ3n) is 0.856. The first-order chi connectivity index (χ1) is 4.06. The van der Waals surface area contributed by atoms with E-state index in [1.165, 1.54) is 19.4 Å². The fraction of sp³-hybridized carbons (Fsp3) is 1.00.